The highest BCUT2D eigenvalue weighted by Crippen LogP contribution is 2.21. The van der Waals surface area contributed by atoms with Gasteiger partial charge < -0.3 is 10.6 Å². The number of hydrogen-bond donors (Lipinski definition) is 2. The summed E-state index contributed by atoms with van der Waals surface area (Å²) in [6.07, 6.45) is 3.57. The van der Waals surface area contributed by atoms with Crippen LogP contribution in [-0.4, -0.2) is 33.0 Å². The van der Waals surface area contributed by atoms with E-state index in [1.165, 1.54) is 6.20 Å². The highest BCUT2D eigenvalue weighted by atomic mass is 16.6. The molecule has 0 aliphatic heterocycles. The van der Waals surface area contributed by atoms with Crippen LogP contribution in [0.5, 0.6) is 0 Å². The molecule has 0 radical (unpaired) electrons. The number of hydrogen-bond acceptors (Lipinski definition) is 7. The molecule has 0 aromatic carbocycles. The molecule has 0 aliphatic rings. The molecule has 8 heteroatoms. The van der Waals surface area contributed by atoms with Crippen LogP contribution >= 0.6 is 0 Å². The number of pyridine rings is 1. The largest absolute Gasteiger partial charge is 0.364 e. The molecular weight excluding hydrogens is 272 g/mol. The van der Waals surface area contributed by atoms with Gasteiger partial charge in [-0.15, -0.1) is 0 Å². The summed E-state index contributed by atoms with van der Waals surface area (Å²) < 4.78 is 0. The van der Waals surface area contributed by atoms with Crippen molar-refractivity contribution in [3.05, 3.63) is 46.4 Å². The lowest BCUT2D eigenvalue weighted by Crippen LogP contribution is -2.11. The Balaban J connectivity index is 2.06. The molecule has 0 amide bonds. The molecular formula is C13H16N6O2. The third-order valence-corrected chi connectivity index (χ3v) is 2.70. The number of aromatic nitrogens is 3. The first kappa shape index (κ1) is 14.6. The van der Waals surface area contributed by atoms with Crippen LogP contribution in [0.15, 0.2) is 30.6 Å². The van der Waals surface area contributed by atoms with Gasteiger partial charge in [-0.25, -0.2) is 4.98 Å². The van der Waals surface area contributed by atoms with Gasteiger partial charge in [-0.05, 0) is 19.1 Å². The maximum atomic E-state index is 11.0. The second-order valence-corrected chi connectivity index (χ2v) is 4.21. The molecule has 8 nitrogen and oxygen atoms in total. The second-order valence-electron chi connectivity index (χ2n) is 4.21. The van der Waals surface area contributed by atoms with Crippen molar-refractivity contribution in [2.75, 3.05) is 23.7 Å². The van der Waals surface area contributed by atoms with E-state index >= 15 is 0 Å². The second kappa shape index (κ2) is 7.13. The molecule has 0 saturated heterocycles. The zero-order chi connectivity index (χ0) is 15.1. The molecule has 0 aliphatic carbocycles. The zero-order valence-corrected chi connectivity index (χ0v) is 11.6. The summed E-state index contributed by atoms with van der Waals surface area (Å²) >= 11 is 0. The Bertz CT molecular complexity index is 605. The third-order valence-electron chi connectivity index (χ3n) is 2.70. The van der Waals surface area contributed by atoms with Gasteiger partial charge in [0.25, 0.3) is 0 Å². The number of nitrogens with zero attached hydrogens (tertiary/aromatic N) is 4. The highest BCUT2D eigenvalue weighted by Gasteiger charge is 2.16. The minimum Gasteiger partial charge on any atom is -0.364 e. The Morgan fingerprint density at radius 2 is 2.14 bits per heavy atom. The van der Waals surface area contributed by atoms with Gasteiger partial charge in [0.1, 0.15) is 6.20 Å². The summed E-state index contributed by atoms with van der Waals surface area (Å²) in [7, 11) is 0. The van der Waals surface area contributed by atoms with E-state index in [2.05, 4.69) is 25.6 Å². The van der Waals surface area contributed by atoms with Gasteiger partial charge in [0.05, 0.1) is 4.92 Å². The van der Waals surface area contributed by atoms with Gasteiger partial charge in [-0.2, -0.15) is 4.98 Å². The summed E-state index contributed by atoms with van der Waals surface area (Å²) in [6, 6.07) is 5.65. The molecule has 21 heavy (non-hydrogen) atoms. The van der Waals surface area contributed by atoms with Crippen molar-refractivity contribution in [1.29, 1.82) is 0 Å². The van der Waals surface area contributed by atoms with Crippen molar-refractivity contribution in [3.8, 4) is 0 Å². The number of nitrogens with one attached hydrogen (secondary N) is 2. The summed E-state index contributed by atoms with van der Waals surface area (Å²) in [5.41, 5.74) is 0.770. The fourth-order valence-electron chi connectivity index (χ4n) is 1.74. The third kappa shape index (κ3) is 4.10. The molecule has 0 bridgehead atoms. The van der Waals surface area contributed by atoms with Crippen LogP contribution in [0.25, 0.3) is 0 Å². The molecule has 2 heterocycles. The van der Waals surface area contributed by atoms with E-state index in [1.54, 1.807) is 6.20 Å². The van der Waals surface area contributed by atoms with Crippen molar-refractivity contribution in [3.63, 3.8) is 0 Å². The first-order chi connectivity index (χ1) is 10.2. The van der Waals surface area contributed by atoms with Crippen LogP contribution in [0.4, 0.5) is 17.5 Å². The normalized spacial score (nSPS) is 10.1. The molecule has 0 atom stereocenters. The van der Waals surface area contributed by atoms with Crippen molar-refractivity contribution in [2.45, 2.75) is 13.3 Å². The van der Waals surface area contributed by atoms with Crippen LogP contribution in [0.1, 0.15) is 12.6 Å². The van der Waals surface area contributed by atoms with E-state index in [1.807, 2.05) is 25.1 Å². The smallest absolute Gasteiger partial charge is 0.329 e. The van der Waals surface area contributed by atoms with E-state index in [4.69, 9.17) is 0 Å². The molecule has 2 N–H and O–H groups in total. The van der Waals surface area contributed by atoms with Crippen molar-refractivity contribution in [2.24, 2.45) is 0 Å². The monoisotopic (exact) mass is 288 g/mol. The lowest BCUT2D eigenvalue weighted by Gasteiger charge is -2.08. The molecule has 0 saturated carbocycles. The Kier molecular flexibility index (Phi) is 4.97. The van der Waals surface area contributed by atoms with Crippen LogP contribution in [0, 0.1) is 10.1 Å². The van der Waals surface area contributed by atoms with Crippen LogP contribution in [0.2, 0.25) is 0 Å². The summed E-state index contributed by atoms with van der Waals surface area (Å²) in [6.45, 7) is 3.05. The van der Waals surface area contributed by atoms with Crippen LogP contribution < -0.4 is 10.6 Å². The Morgan fingerprint density at radius 1 is 1.29 bits per heavy atom. The lowest BCUT2D eigenvalue weighted by atomic mass is 10.3. The Morgan fingerprint density at radius 3 is 2.81 bits per heavy atom. The van der Waals surface area contributed by atoms with E-state index in [0.717, 1.165) is 5.69 Å². The van der Waals surface area contributed by atoms with Gasteiger partial charge >= 0.3 is 5.69 Å². The molecule has 0 fully saturated rings. The lowest BCUT2D eigenvalue weighted by molar-refractivity contribution is -0.384. The van der Waals surface area contributed by atoms with E-state index in [0.29, 0.717) is 25.5 Å². The SMILES string of the molecule is CCNc1ncc([N+](=O)[O-])c(NCCc2ccccn2)n1. The first-order valence-electron chi connectivity index (χ1n) is 6.59. The van der Waals surface area contributed by atoms with E-state index < -0.39 is 4.92 Å². The summed E-state index contributed by atoms with van der Waals surface area (Å²) in [4.78, 5) is 22.7. The quantitative estimate of drug-likeness (QED) is 0.591. The molecule has 2 rings (SSSR count). The van der Waals surface area contributed by atoms with Gasteiger partial charge in [0, 0.05) is 31.4 Å². The fraction of sp³-hybridized carbons (Fsp3) is 0.308. The van der Waals surface area contributed by atoms with Crippen LogP contribution in [-0.2, 0) is 6.42 Å². The van der Waals surface area contributed by atoms with Crippen LogP contribution in [0.3, 0.4) is 0 Å². The van der Waals surface area contributed by atoms with Gasteiger partial charge in [0.2, 0.25) is 11.8 Å². The molecule has 0 spiro atoms. The number of anilines is 2. The maximum Gasteiger partial charge on any atom is 0.329 e. The maximum absolute atomic E-state index is 11.0. The molecule has 0 unspecified atom stereocenters. The topological polar surface area (TPSA) is 106 Å². The van der Waals surface area contributed by atoms with Crippen molar-refractivity contribution >= 4 is 17.5 Å². The highest BCUT2D eigenvalue weighted by molar-refractivity contribution is 5.56. The number of nitro groups is 1. The molecule has 110 valence electrons. The Labute approximate surface area is 121 Å². The minimum atomic E-state index is -0.501. The molecule has 2 aromatic rings. The summed E-state index contributed by atoms with van der Waals surface area (Å²) in [5, 5.41) is 16.9. The standard InChI is InChI=1S/C13H16N6O2/c1-2-14-13-17-9-11(19(20)21)12(18-13)16-8-6-10-5-3-4-7-15-10/h3-5,7,9H,2,6,8H2,1H3,(H2,14,16,17,18). The summed E-state index contributed by atoms with van der Waals surface area (Å²) in [5.74, 6) is 0.574. The number of rotatable bonds is 7. The van der Waals surface area contributed by atoms with Gasteiger partial charge in [0.15, 0.2) is 0 Å². The zero-order valence-electron chi connectivity index (χ0n) is 11.6. The predicted molar refractivity (Wildman–Crippen MR) is 79.3 cm³/mol. The van der Waals surface area contributed by atoms with E-state index in [-0.39, 0.29) is 11.5 Å². The average molecular weight is 288 g/mol. The Hall–Kier alpha value is -2.77. The molecule has 2 aromatic heterocycles. The average Bonchev–Trinajstić information content (AvgIpc) is 2.49. The van der Waals surface area contributed by atoms with E-state index in [9.17, 15) is 10.1 Å². The predicted octanol–water partition coefficient (Wildman–Crippen LogP) is 1.87. The van der Waals surface area contributed by atoms with Crippen molar-refractivity contribution in [1.82, 2.24) is 15.0 Å². The first-order valence-corrected chi connectivity index (χ1v) is 6.59. The van der Waals surface area contributed by atoms with Gasteiger partial charge in [-0.3, -0.25) is 15.1 Å². The van der Waals surface area contributed by atoms with Crippen molar-refractivity contribution < 1.29 is 4.92 Å². The van der Waals surface area contributed by atoms with Gasteiger partial charge in [-0.1, -0.05) is 6.07 Å². The fourth-order valence-corrected chi connectivity index (χ4v) is 1.74. The minimum absolute atomic E-state index is 0.141.